The number of piperidine rings is 1. The van der Waals surface area contributed by atoms with Gasteiger partial charge in [0.1, 0.15) is 71.5 Å². The molecule has 8 amide bonds. The summed E-state index contributed by atoms with van der Waals surface area (Å²) in [5.41, 5.74) is -0.289. The van der Waals surface area contributed by atoms with Crippen LogP contribution in [0.25, 0.3) is 0 Å². The first kappa shape index (κ1) is 53.0. The number of aliphatic hydroxyl groups is 1. The van der Waals surface area contributed by atoms with Crippen molar-refractivity contribution in [2.45, 2.75) is 171 Å². The topological polar surface area (TPSA) is 253 Å². The molecule has 4 bridgehead atoms. The summed E-state index contributed by atoms with van der Waals surface area (Å²) in [6.07, 6.45) is 0.236. The van der Waals surface area contributed by atoms with Crippen LogP contribution in [-0.2, 0) is 55.9 Å². The molecule has 20 nitrogen and oxygen atoms in total. The molecule has 6 fully saturated rings. The molecule has 8 heterocycles. The zero-order valence-electron chi connectivity index (χ0n) is 45.1. The van der Waals surface area contributed by atoms with Crippen molar-refractivity contribution in [1.29, 1.82) is 0 Å². The molecule has 8 aliphatic rings. The summed E-state index contributed by atoms with van der Waals surface area (Å²) in [5, 5.41) is 39.3. The largest absolute Gasteiger partial charge is 0.508 e. The second-order valence-corrected chi connectivity index (χ2v) is 23.4. The number of nitrogens with one attached hydrogen (secondary N) is 5. The van der Waals surface area contributed by atoms with Crippen molar-refractivity contribution in [1.82, 2.24) is 41.3 Å². The lowest BCUT2D eigenvalue weighted by molar-refractivity contribution is -0.148. The lowest BCUT2D eigenvalue weighted by atomic mass is 9.76. The maximum absolute atomic E-state index is 15.7. The van der Waals surface area contributed by atoms with Crippen molar-refractivity contribution < 1.29 is 48.6 Å². The highest BCUT2D eigenvalue weighted by molar-refractivity contribution is 6.09. The van der Waals surface area contributed by atoms with Crippen molar-refractivity contribution in [2.24, 2.45) is 17.8 Å². The summed E-state index contributed by atoms with van der Waals surface area (Å²) in [7, 11) is 0. The Morgan fingerprint density at radius 2 is 1.17 bits per heavy atom. The molecule has 0 aromatic heterocycles. The van der Waals surface area contributed by atoms with Gasteiger partial charge in [-0.2, -0.15) is 0 Å². The highest BCUT2D eigenvalue weighted by Crippen LogP contribution is 2.63. The van der Waals surface area contributed by atoms with Crippen molar-refractivity contribution in [3.8, 4) is 5.75 Å². The fourth-order valence-electron chi connectivity index (χ4n) is 14.2. The Labute approximate surface area is 454 Å². The molecular weight excluding hydrogens is 997 g/mol. The van der Waals surface area contributed by atoms with E-state index >= 15 is 19.2 Å². The molecule has 3 aromatic rings. The third kappa shape index (κ3) is 8.20. The summed E-state index contributed by atoms with van der Waals surface area (Å²) in [6.45, 7) is 11.5. The molecule has 7 N–H and O–H groups in total. The van der Waals surface area contributed by atoms with Crippen molar-refractivity contribution in [3.63, 3.8) is 0 Å². The van der Waals surface area contributed by atoms with Gasteiger partial charge in [-0.1, -0.05) is 103 Å². The summed E-state index contributed by atoms with van der Waals surface area (Å²) >= 11 is 0. The molecular formula is C58H72N10O10. The van der Waals surface area contributed by atoms with Gasteiger partial charge in [-0.3, -0.25) is 48.6 Å². The number of carbonyl (C=O) groups is 8. The number of carbonyl (C=O) groups excluding carboxylic acids is 8. The Morgan fingerprint density at radius 1 is 0.603 bits per heavy atom. The second kappa shape index (κ2) is 20.0. The number of para-hydroxylation sites is 2. The zero-order chi connectivity index (χ0) is 55.3. The maximum Gasteiger partial charge on any atom is 0.252 e. The number of phenolic OH excluding ortho intramolecular Hbond substituents is 1. The number of anilines is 2. The van der Waals surface area contributed by atoms with E-state index in [1.165, 1.54) is 21.9 Å². The molecule has 1 spiro atoms. The molecule has 20 heteroatoms. The number of phenols is 1. The number of hydrogen-bond acceptors (Lipinski definition) is 12. The van der Waals surface area contributed by atoms with Crippen LogP contribution in [-0.4, -0.2) is 146 Å². The molecule has 6 saturated heterocycles. The molecule has 0 unspecified atom stereocenters. The van der Waals surface area contributed by atoms with Crippen molar-refractivity contribution in [3.05, 3.63) is 89.5 Å². The van der Waals surface area contributed by atoms with Crippen LogP contribution in [0.4, 0.5) is 11.4 Å². The average molecular weight is 1070 g/mol. The molecule has 414 valence electrons. The number of hydrogen-bond donors (Lipinski definition) is 7. The van der Waals surface area contributed by atoms with Crippen LogP contribution >= 0.6 is 0 Å². The molecule has 8 aliphatic heterocycles. The van der Waals surface area contributed by atoms with Crippen LogP contribution in [0.15, 0.2) is 72.8 Å². The number of fused-ring (bicyclic) bond motifs is 9. The number of nitrogens with zero attached hydrogens (tertiary/aromatic N) is 5. The standard InChI is InChI=1S/C58H72N10O10/c1-7-31(5)45-50(73)59-38-28-57(35-15-9-11-17-39(35)66-52(75)43(67(51(38)74)56(57)66)27-33-21-23-34(69)24-22-33)68-40-18-12-10-16-36(40)58(78)29-37(60-55(58)68)47(70)63-46(32(6)8-2)54(77)65-26-14-19-41(65)48(71)61-44(30(3)4)53(76)64-25-13-20-42(64)49(72)62-45/h9-12,15-18,21-24,30-32,37-38,41-46,55-56,60,69,78H,7-8,13-14,19-20,25-29H2,1-6H3,(H,59,73)(H,61,71)(H,62,72)(H,63,70)/t31-,32+,37-,38-,41-,42-,43-,44-,45-,46-,55-,56-,57+,58-/m0/s1. The van der Waals surface area contributed by atoms with Gasteiger partial charge in [0, 0.05) is 49.2 Å². The van der Waals surface area contributed by atoms with E-state index < -0.39 is 125 Å². The van der Waals surface area contributed by atoms with Gasteiger partial charge in [-0.25, -0.2) is 0 Å². The Bertz CT molecular complexity index is 2960. The first-order valence-corrected chi connectivity index (χ1v) is 28.1. The van der Waals surface area contributed by atoms with Gasteiger partial charge in [0.05, 0.1) is 11.7 Å². The van der Waals surface area contributed by atoms with E-state index in [2.05, 4.69) is 26.6 Å². The Balaban J connectivity index is 1.06. The van der Waals surface area contributed by atoms with E-state index in [1.807, 2.05) is 69.0 Å². The molecule has 78 heavy (non-hydrogen) atoms. The Kier molecular flexibility index (Phi) is 13.6. The fourth-order valence-corrected chi connectivity index (χ4v) is 14.2. The quantitative estimate of drug-likeness (QED) is 0.180. The minimum absolute atomic E-state index is 0.0259. The summed E-state index contributed by atoms with van der Waals surface area (Å²) in [5.74, 6) is -5.34. The third-order valence-electron chi connectivity index (χ3n) is 18.6. The van der Waals surface area contributed by atoms with E-state index in [4.69, 9.17) is 0 Å². The predicted octanol–water partition coefficient (Wildman–Crippen LogP) is 2.20. The summed E-state index contributed by atoms with van der Waals surface area (Å²) in [6, 6.07) is 12.3. The molecule has 14 atom stereocenters. The Morgan fingerprint density at radius 3 is 1.79 bits per heavy atom. The van der Waals surface area contributed by atoms with Crippen LogP contribution in [0, 0.1) is 17.8 Å². The van der Waals surface area contributed by atoms with E-state index in [-0.39, 0.29) is 49.9 Å². The van der Waals surface area contributed by atoms with Crippen LogP contribution in [0.5, 0.6) is 5.75 Å². The Hall–Kier alpha value is -7.06. The third-order valence-corrected chi connectivity index (χ3v) is 18.6. The number of amides is 8. The van der Waals surface area contributed by atoms with E-state index in [9.17, 15) is 29.4 Å². The molecule has 0 saturated carbocycles. The summed E-state index contributed by atoms with van der Waals surface area (Å²) in [4.78, 5) is 128. The van der Waals surface area contributed by atoms with Crippen molar-refractivity contribution in [2.75, 3.05) is 22.9 Å². The lowest BCUT2D eigenvalue weighted by Gasteiger charge is -2.54. The van der Waals surface area contributed by atoms with Crippen LogP contribution in [0.2, 0.25) is 0 Å². The maximum atomic E-state index is 15.7. The fraction of sp³-hybridized carbons (Fsp3) is 0.552. The van der Waals surface area contributed by atoms with Gasteiger partial charge in [-0.15, -0.1) is 0 Å². The van der Waals surface area contributed by atoms with Gasteiger partial charge in [0.2, 0.25) is 41.4 Å². The predicted molar refractivity (Wildman–Crippen MR) is 286 cm³/mol. The van der Waals surface area contributed by atoms with Gasteiger partial charge in [-0.05, 0) is 73.3 Å². The number of aromatic hydroxyl groups is 1. The monoisotopic (exact) mass is 1070 g/mol. The zero-order valence-corrected chi connectivity index (χ0v) is 45.1. The van der Waals surface area contributed by atoms with Gasteiger partial charge in [0.25, 0.3) is 5.91 Å². The van der Waals surface area contributed by atoms with E-state index in [0.717, 1.165) is 0 Å². The SMILES string of the molecule is CC[C@@H](C)[C@@H]1NC(=O)[C@@H]2C[C@]3(O)c4ccccc4N([C@@H]3N2)[C@]23C[C@H](NC(=O)[C@H]([C@@H](C)CC)NC(=O)[C@@H]4CCCN4C(=O)[C@H](C(C)C)NC(=O)[C@@H]4CCCN4C1=O)C(=O)N1[C@@H](Cc4ccc(O)cc4)C(=O)N(c4ccccc42)[C@@H]13. The summed E-state index contributed by atoms with van der Waals surface area (Å²) < 4.78 is 0. The minimum atomic E-state index is -1.76. The average Bonchev–Trinajstić information content (AvgIpc) is 2.33. The first-order valence-electron chi connectivity index (χ1n) is 28.1. The van der Waals surface area contributed by atoms with Crippen molar-refractivity contribution >= 4 is 58.6 Å². The molecule has 11 rings (SSSR count). The van der Waals surface area contributed by atoms with Gasteiger partial charge >= 0.3 is 0 Å². The van der Waals surface area contributed by atoms with Gasteiger partial charge < -0.3 is 51.1 Å². The van der Waals surface area contributed by atoms with E-state index in [0.29, 0.717) is 66.6 Å². The van der Waals surface area contributed by atoms with Crippen LogP contribution in [0.3, 0.4) is 0 Å². The normalized spacial score (nSPS) is 33.7. The molecule has 3 aromatic carbocycles. The lowest BCUT2D eigenvalue weighted by Crippen LogP contribution is -2.73. The number of rotatable bonds is 7. The highest BCUT2D eigenvalue weighted by atomic mass is 16.3. The van der Waals surface area contributed by atoms with Crippen LogP contribution < -0.4 is 36.4 Å². The first-order chi connectivity index (χ1) is 37.3. The minimum Gasteiger partial charge on any atom is -0.508 e. The van der Waals surface area contributed by atoms with Gasteiger partial charge in [0.15, 0.2) is 0 Å². The molecule has 0 aliphatic carbocycles. The second-order valence-electron chi connectivity index (χ2n) is 23.4. The molecule has 0 radical (unpaired) electrons. The van der Waals surface area contributed by atoms with E-state index in [1.54, 1.807) is 47.9 Å². The number of benzene rings is 3. The van der Waals surface area contributed by atoms with Crippen LogP contribution in [0.1, 0.15) is 110 Å². The highest BCUT2D eigenvalue weighted by Gasteiger charge is 2.73. The smallest absolute Gasteiger partial charge is 0.252 e.